The number of esters is 1. The van der Waals surface area contributed by atoms with Gasteiger partial charge in [0, 0.05) is 12.1 Å². The molecule has 1 aromatic rings. The van der Waals surface area contributed by atoms with Crippen molar-refractivity contribution in [2.24, 2.45) is 0 Å². The molecule has 4 nitrogen and oxygen atoms in total. The van der Waals surface area contributed by atoms with Crippen LogP contribution < -0.4 is 4.57 Å². The minimum absolute atomic E-state index is 0.281. The van der Waals surface area contributed by atoms with Gasteiger partial charge in [0.1, 0.15) is 0 Å². The first-order valence-corrected chi connectivity index (χ1v) is 4.72. The molecule has 78 valence electrons. The third-order valence-corrected chi connectivity index (χ3v) is 1.95. The van der Waals surface area contributed by atoms with Crippen LogP contribution in [0.5, 0.6) is 0 Å². The van der Waals surface area contributed by atoms with E-state index in [4.69, 9.17) is 10.00 Å². The number of nitriles is 1. The average Bonchev–Trinajstić information content (AvgIpc) is 2.22. The molecule has 0 aromatic carbocycles. The Labute approximate surface area is 88.7 Å². The van der Waals surface area contributed by atoms with E-state index in [0.29, 0.717) is 0 Å². The fraction of sp³-hybridized carbons (Fsp3) is 0.364. The summed E-state index contributed by atoms with van der Waals surface area (Å²) in [6, 6.07) is 4.69. The molecule has 0 aliphatic carbocycles. The van der Waals surface area contributed by atoms with Crippen LogP contribution in [0.4, 0.5) is 0 Å². The summed E-state index contributed by atoms with van der Waals surface area (Å²) >= 11 is 0. The van der Waals surface area contributed by atoms with E-state index in [-0.39, 0.29) is 6.61 Å². The van der Waals surface area contributed by atoms with Gasteiger partial charge in [-0.25, -0.2) is 4.79 Å². The zero-order valence-corrected chi connectivity index (χ0v) is 8.80. The fourth-order valence-corrected chi connectivity index (χ4v) is 1.15. The highest BCUT2D eigenvalue weighted by atomic mass is 16.5. The maximum atomic E-state index is 11.4. The summed E-state index contributed by atoms with van der Waals surface area (Å²) in [5.74, 6) is -0.520. The van der Waals surface area contributed by atoms with E-state index in [1.807, 2.05) is 25.1 Å². The zero-order valence-electron chi connectivity index (χ0n) is 8.80. The highest BCUT2D eigenvalue weighted by Crippen LogP contribution is 1.99. The van der Waals surface area contributed by atoms with Gasteiger partial charge in [0.15, 0.2) is 18.5 Å². The van der Waals surface area contributed by atoms with Crippen molar-refractivity contribution < 1.29 is 14.1 Å². The largest absolute Gasteiger partial charge is 0.460 e. The molecule has 1 aromatic heterocycles. The van der Waals surface area contributed by atoms with E-state index in [1.54, 1.807) is 19.3 Å². The summed E-state index contributed by atoms with van der Waals surface area (Å²) < 4.78 is 6.33. The molecule has 4 heteroatoms. The number of ether oxygens (including phenoxy) is 1. The smallest absolute Gasteiger partial charge is 0.391 e. The fourth-order valence-electron chi connectivity index (χ4n) is 1.15. The van der Waals surface area contributed by atoms with Crippen molar-refractivity contribution in [3.8, 4) is 6.07 Å². The first-order chi connectivity index (χ1) is 7.19. The number of hydrogen-bond donors (Lipinski definition) is 0. The SMILES string of the molecule is CCOC(=O)[C@H](C#N)[n+]1ccc(C)cc1. The molecule has 0 aliphatic heterocycles. The maximum Gasteiger partial charge on any atom is 0.391 e. The van der Waals surface area contributed by atoms with Crippen molar-refractivity contribution in [2.45, 2.75) is 19.9 Å². The molecule has 0 saturated heterocycles. The predicted octanol–water partition coefficient (Wildman–Crippen LogP) is 0.910. The molecule has 0 radical (unpaired) electrons. The molecule has 1 heterocycles. The lowest BCUT2D eigenvalue weighted by atomic mass is 10.2. The number of pyridine rings is 1. The second-order valence-corrected chi connectivity index (χ2v) is 3.11. The van der Waals surface area contributed by atoms with E-state index in [9.17, 15) is 4.79 Å². The van der Waals surface area contributed by atoms with Gasteiger partial charge in [-0.2, -0.15) is 9.83 Å². The van der Waals surface area contributed by atoms with Crippen LogP contribution in [0.2, 0.25) is 0 Å². The number of carbonyl (C=O) groups excluding carboxylic acids is 1. The lowest BCUT2D eigenvalue weighted by Crippen LogP contribution is -2.43. The third-order valence-electron chi connectivity index (χ3n) is 1.95. The van der Waals surface area contributed by atoms with E-state index in [2.05, 4.69) is 0 Å². The summed E-state index contributed by atoms with van der Waals surface area (Å²) in [5.41, 5.74) is 1.08. The summed E-state index contributed by atoms with van der Waals surface area (Å²) in [6.45, 7) is 3.94. The number of aromatic nitrogens is 1. The molecule has 1 atom stereocenters. The molecule has 0 saturated carbocycles. The minimum Gasteiger partial charge on any atom is -0.460 e. The molecule has 0 fully saturated rings. The molecule has 0 unspecified atom stereocenters. The van der Waals surface area contributed by atoms with Gasteiger partial charge in [-0.1, -0.05) is 0 Å². The highest BCUT2D eigenvalue weighted by Gasteiger charge is 2.28. The van der Waals surface area contributed by atoms with Gasteiger partial charge in [-0.3, -0.25) is 0 Å². The number of aryl methyl sites for hydroxylation is 1. The quantitative estimate of drug-likeness (QED) is 0.544. The van der Waals surface area contributed by atoms with E-state index in [0.717, 1.165) is 5.56 Å². The summed E-state index contributed by atoms with van der Waals surface area (Å²) in [4.78, 5) is 11.4. The van der Waals surface area contributed by atoms with Gasteiger partial charge in [-0.15, -0.1) is 0 Å². The second kappa shape index (κ2) is 5.11. The van der Waals surface area contributed by atoms with Gasteiger partial charge in [0.25, 0.3) is 0 Å². The summed E-state index contributed by atoms with van der Waals surface area (Å²) in [7, 11) is 0. The van der Waals surface area contributed by atoms with Gasteiger partial charge in [-0.05, 0) is 19.4 Å². The van der Waals surface area contributed by atoms with Crippen molar-refractivity contribution in [2.75, 3.05) is 6.61 Å². The van der Waals surface area contributed by atoms with E-state index >= 15 is 0 Å². The zero-order chi connectivity index (χ0) is 11.3. The Balaban J connectivity index is 2.89. The summed E-state index contributed by atoms with van der Waals surface area (Å²) in [6.07, 6.45) is 3.39. The minimum atomic E-state index is -0.898. The number of hydrogen-bond acceptors (Lipinski definition) is 3. The van der Waals surface area contributed by atoms with Crippen LogP contribution in [0.15, 0.2) is 24.5 Å². The van der Waals surface area contributed by atoms with Gasteiger partial charge >= 0.3 is 12.0 Å². The van der Waals surface area contributed by atoms with Crippen LogP contribution in [0.3, 0.4) is 0 Å². The number of carbonyl (C=O) groups is 1. The standard InChI is InChI=1S/C11H13N2O2/c1-3-15-11(14)10(8-12)13-6-4-9(2)5-7-13/h4-7,10H,3H2,1-2H3/q+1/t10-/m0/s1. The lowest BCUT2D eigenvalue weighted by Gasteiger charge is -2.03. The third kappa shape index (κ3) is 2.78. The Bertz CT molecular complexity index is 379. The second-order valence-electron chi connectivity index (χ2n) is 3.11. The maximum absolute atomic E-state index is 11.4. The van der Waals surface area contributed by atoms with E-state index < -0.39 is 12.0 Å². The van der Waals surface area contributed by atoms with Crippen molar-refractivity contribution in [3.63, 3.8) is 0 Å². The topological polar surface area (TPSA) is 54.0 Å². The van der Waals surface area contributed by atoms with Crippen molar-refractivity contribution in [1.29, 1.82) is 5.26 Å². The van der Waals surface area contributed by atoms with Crippen LogP contribution in [0.1, 0.15) is 18.5 Å². The van der Waals surface area contributed by atoms with Crippen LogP contribution in [0, 0.1) is 18.3 Å². The molecule has 0 bridgehead atoms. The molecule has 0 N–H and O–H groups in total. The average molecular weight is 205 g/mol. The lowest BCUT2D eigenvalue weighted by molar-refractivity contribution is -0.698. The Morgan fingerprint density at radius 2 is 2.20 bits per heavy atom. The summed E-state index contributed by atoms with van der Waals surface area (Å²) in [5, 5.41) is 8.87. The molecule has 0 spiro atoms. The van der Waals surface area contributed by atoms with Crippen molar-refractivity contribution in [1.82, 2.24) is 0 Å². The highest BCUT2D eigenvalue weighted by molar-refractivity contribution is 5.75. The molecule has 0 aliphatic rings. The Morgan fingerprint density at radius 1 is 1.60 bits per heavy atom. The number of nitrogens with zero attached hydrogens (tertiary/aromatic N) is 2. The van der Waals surface area contributed by atoms with Gasteiger partial charge < -0.3 is 4.74 Å². The first-order valence-electron chi connectivity index (χ1n) is 4.72. The van der Waals surface area contributed by atoms with Gasteiger partial charge in [0.2, 0.25) is 0 Å². The predicted molar refractivity (Wildman–Crippen MR) is 52.7 cm³/mol. The van der Waals surface area contributed by atoms with Crippen molar-refractivity contribution >= 4 is 5.97 Å². The number of rotatable bonds is 3. The van der Waals surface area contributed by atoms with Crippen LogP contribution in [-0.4, -0.2) is 12.6 Å². The van der Waals surface area contributed by atoms with Crippen molar-refractivity contribution in [3.05, 3.63) is 30.1 Å². The monoisotopic (exact) mass is 205 g/mol. The molecular weight excluding hydrogens is 192 g/mol. The Morgan fingerprint density at radius 3 is 2.67 bits per heavy atom. The van der Waals surface area contributed by atoms with Crippen LogP contribution in [0.25, 0.3) is 0 Å². The van der Waals surface area contributed by atoms with E-state index in [1.165, 1.54) is 4.57 Å². The first kappa shape index (κ1) is 11.2. The molecular formula is C11H13N2O2+. The Hall–Kier alpha value is -1.89. The molecule has 1 rings (SSSR count). The van der Waals surface area contributed by atoms with Crippen LogP contribution in [-0.2, 0) is 9.53 Å². The van der Waals surface area contributed by atoms with Crippen LogP contribution >= 0.6 is 0 Å². The molecule has 0 amide bonds. The van der Waals surface area contributed by atoms with Gasteiger partial charge in [0.05, 0.1) is 6.61 Å². The molecule has 15 heavy (non-hydrogen) atoms. The normalized spacial score (nSPS) is 11.5. The Kier molecular flexibility index (Phi) is 3.81.